The zero-order chi connectivity index (χ0) is 17.6. The summed E-state index contributed by atoms with van der Waals surface area (Å²) in [5.41, 5.74) is 2.52. The fourth-order valence-electron chi connectivity index (χ4n) is 2.43. The highest BCUT2D eigenvalue weighted by molar-refractivity contribution is 7.11. The van der Waals surface area contributed by atoms with Gasteiger partial charge in [-0.15, -0.1) is 11.3 Å². The van der Waals surface area contributed by atoms with Crippen molar-refractivity contribution in [3.63, 3.8) is 0 Å². The van der Waals surface area contributed by atoms with Gasteiger partial charge in [-0.1, -0.05) is 37.6 Å². The van der Waals surface area contributed by atoms with Gasteiger partial charge in [0.25, 0.3) is 11.5 Å². The van der Waals surface area contributed by atoms with Crippen LogP contribution in [0.5, 0.6) is 0 Å². The van der Waals surface area contributed by atoms with Gasteiger partial charge in [0.2, 0.25) is 0 Å². The lowest BCUT2D eigenvalue weighted by Crippen LogP contribution is -2.29. The fraction of sp³-hybridized carbons (Fsp3) is 0.222. The van der Waals surface area contributed by atoms with Gasteiger partial charge in [-0.05, 0) is 23.9 Å². The number of carbonyl (C=O) groups excluding carboxylic acids is 1. The maximum Gasteiger partial charge on any atom is 0.292 e. The average Bonchev–Trinajstić information content (AvgIpc) is 3.14. The van der Waals surface area contributed by atoms with Gasteiger partial charge in [0.15, 0.2) is 5.69 Å². The van der Waals surface area contributed by atoms with E-state index in [-0.39, 0.29) is 11.3 Å². The highest BCUT2D eigenvalue weighted by atomic mass is 32.1. The molecule has 3 rings (SSSR count). The van der Waals surface area contributed by atoms with Gasteiger partial charge in [0.1, 0.15) is 0 Å². The molecule has 0 saturated heterocycles. The van der Waals surface area contributed by atoms with Crippen LogP contribution in [0.15, 0.2) is 51.7 Å². The standard InChI is InChI=1S/C18H18N4O2S/c1-2-3-10-22-18(24)15-9-5-4-8-14(15)16(21-22)17(23)20-19-12-13-7-6-11-25-13/h4-9,11-12H,2-3,10H2,1H3,(H,20,23)/b19-12+. The van der Waals surface area contributed by atoms with Crippen molar-refractivity contribution < 1.29 is 4.79 Å². The molecule has 6 nitrogen and oxygen atoms in total. The molecule has 0 aliphatic rings. The monoisotopic (exact) mass is 354 g/mol. The third-order valence-electron chi connectivity index (χ3n) is 3.71. The number of aryl methyl sites for hydroxylation is 1. The molecule has 2 aromatic heterocycles. The number of nitrogens with one attached hydrogen (secondary N) is 1. The summed E-state index contributed by atoms with van der Waals surface area (Å²) in [5.74, 6) is -0.436. The highest BCUT2D eigenvalue weighted by Crippen LogP contribution is 2.13. The van der Waals surface area contributed by atoms with E-state index in [0.717, 1.165) is 17.7 Å². The van der Waals surface area contributed by atoms with E-state index in [9.17, 15) is 9.59 Å². The smallest absolute Gasteiger partial charge is 0.267 e. The molecule has 0 fully saturated rings. The lowest BCUT2D eigenvalue weighted by Gasteiger charge is -2.09. The van der Waals surface area contributed by atoms with Crippen molar-refractivity contribution in [2.45, 2.75) is 26.3 Å². The Kier molecular flexibility index (Phi) is 5.35. The van der Waals surface area contributed by atoms with Crippen LogP contribution in [0.4, 0.5) is 0 Å². The molecule has 0 atom stereocenters. The summed E-state index contributed by atoms with van der Waals surface area (Å²) in [4.78, 5) is 26.0. The number of aromatic nitrogens is 2. The summed E-state index contributed by atoms with van der Waals surface area (Å²) in [6.07, 6.45) is 3.34. The molecule has 128 valence electrons. The second-order valence-electron chi connectivity index (χ2n) is 5.49. The van der Waals surface area contributed by atoms with Crippen LogP contribution >= 0.6 is 11.3 Å². The Hall–Kier alpha value is -2.80. The van der Waals surface area contributed by atoms with Crippen molar-refractivity contribution in [3.8, 4) is 0 Å². The average molecular weight is 354 g/mol. The highest BCUT2D eigenvalue weighted by Gasteiger charge is 2.16. The van der Waals surface area contributed by atoms with E-state index in [1.165, 1.54) is 16.0 Å². The van der Waals surface area contributed by atoms with Crippen molar-refractivity contribution in [3.05, 3.63) is 62.7 Å². The van der Waals surface area contributed by atoms with Crippen LogP contribution in [-0.2, 0) is 6.54 Å². The van der Waals surface area contributed by atoms with Crippen molar-refractivity contribution >= 4 is 34.2 Å². The number of fused-ring (bicyclic) bond motifs is 1. The summed E-state index contributed by atoms with van der Waals surface area (Å²) in [5, 5.41) is 11.2. The van der Waals surface area contributed by atoms with Gasteiger partial charge in [-0.2, -0.15) is 10.2 Å². The van der Waals surface area contributed by atoms with Gasteiger partial charge in [0.05, 0.1) is 11.6 Å². The van der Waals surface area contributed by atoms with Crippen molar-refractivity contribution in [1.29, 1.82) is 0 Å². The van der Waals surface area contributed by atoms with Crippen LogP contribution in [0.25, 0.3) is 10.8 Å². The number of hydrogen-bond acceptors (Lipinski definition) is 5. The Bertz CT molecular complexity index is 961. The van der Waals surface area contributed by atoms with Crippen LogP contribution in [0.2, 0.25) is 0 Å². The van der Waals surface area contributed by atoms with Crippen LogP contribution in [0, 0.1) is 0 Å². The Morgan fingerprint density at radius 1 is 1.28 bits per heavy atom. The predicted molar refractivity (Wildman–Crippen MR) is 100 cm³/mol. The minimum Gasteiger partial charge on any atom is -0.267 e. The number of hydrogen-bond donors (Lipinski definition) is 1. The van der Waals surface area contributed by atoms with Gasteiger partial charge >= 0.3 is 0 Å². The molecule has 3 aromatic rings. The van der Waals surface area contributed by atoms with E-state index in [1.807, 2.05) is 24.4 Å². The topological polar surface area (TPSA) is 76.3 Å². The summed E-state index contributed by atoms with van der Waals surface area (Å²) in [7, 11) is 0. The zero-order valence-electron chi connectivity index (χ0n) is 13.8. The molecule has 1 aromatic carbocycles. The van der Waals surface area contributed by atoms with E-state index in [1.54, 1.807) is 30.5 Å². The molecule has 7 heteroatoms. The number of rotatable bonds is 6. The molecule has 0 bridgehead atoms. The Morgan fingerprint density at radius 2 is 2.08 bits per heavy atom. The molecule has 2 heterocycles. The molecule has 0 spiro atoms. The Morgan fingerprint density at radius 3 is 2.80 bits per heavy atom. The minimum absolute atomic E-state index is 0.178. The Labute approximate surface area is 148 Å². The largest absolute Gasteiger partial charge is 0.292 e. The maximum atomic E-state index is 12.5. The molecule has 0 unspecified atom stereocenters. The number of hydrazone groups is 1. The van der Waals surface area contributed by atoms with Crippen molar-refractivity contribution in [1.82, 2.24) is 15.2 Å². The van der Waals surface area contributed by atoms with Crippen LogP contribution in [0.3, 0.4) is 0 Å². The first-order valence-corrected chi connectivity index (χ1v) is 8.95. The van der Waals surface area contributed by atoms with Gasteiger partial charge in [-0.25, -0.2) is 10.1 Å². The number of thiophene rings is 1. The summed E-state index contributed by atoms with van der Waals surface area (Å²) >= 11 is 1.52. The molecule has 0 aliphatic carbocycles. The number of unbranched alkanes of at least 4 members (excludes halogenated alkanes) is 1. The first-order valence-electron chi connectivity index (χ1n) is 8.07. The van der Waals surface area contributed by atoms with Crippen molar-refractivity contribution in [2.24, 2.45) is 5.10 Å². The van der Waals surface area contributed by atoms with Crippen LogP contribution < -0.4 is 11.0 Å². The van der Waals surface area contributed by atoms with Gasteiger partial charge < -0.3 is 0 Å². The van der Waals surface area contributed by atoms with Gasteiger partial charge in [-0.3, -0.25) is 9.59 Å². The molecule has 0 saturated carbocycles. The molecule has 0 radical (unpaired) electrons. The normalized spacial score (nSPS) is 11.2. The van der Waals surface area contributed by atoms with E-state index in [0.29, 0.717) is 17.3 Å². The lowest BCUT2D eigenvalue weighted by atomic mass is 10.1. The minimum atomic E-state index is -0.436. The second kappa shape index (κ2) is 7.85. The number of carbonyl (C=O) groups is 1. The summed E-state index contributed by atoms with van der Waals surface area (Å²) in [6.45, 7) is 2.53. The third-order valence-corrected chi connectivity index (χ3v) is 4.51. The molecular weight excluding hydrogens is 336 g/mol. The first-order chi connectivity index (χ1) is 12.2. The summed E-state index contributed by atoms with van der Waals surface area (Å²) < 4.78 is 1.36. The van der Waals surface area contributed by atoms with Crippen LogP contribution in [-0.4, -0.2) is 21.9 Å². The van der Waals surface area contributed by atoms with Crippen LogP contribution in [0.1, 0.15) is 35.1 Å². The van der Waals surface area contributed by atoms with E-state index < -0.39 is 5.91 Å². The predicted octanol–water partition coefficient (Wildman–Crippen LogP) is 3.02. The van der Waals surface area contributed by atoms with Crippen molar-refractivity contribution in [2.75, 3.05) is 0 Å². The number of nitrogens with zero attached hydrogens (tertiary/aromatic N) is 3. The molecule has 25 heavy (non-hydrogen) atoms. The maximum absolute atomic E-state index is 12.5. The summed E-state index contributed by atoms with van der Waals surface area (Å²) in [6, 6.07) is 10.8. The van der Waals surface area contributed by atoms with E-state index >= 15 is 0 Å². The fourth-order valence-corrected chi connectivity index (χ4v) is 3.02. The quantitative estimate of drug-likeness (QED) is 0.546. The molecular formula is C18H18N4O2S. The van der Waals surface area contributed by atoms with Gasteiger partial charge in [0, 0.05) is 16.8 Å². The van der Waals surface area contributed by atoms with E-state index in [4.69, 9.17) is 0 Å². The lowest BCUT2D eigenvalue weighted by molar-refractivity contribution is 0.0949. The Balaban J connectivity index is 1.94. The third kappa shape index (κ3) is 3.83. The number of benzene rings is 1. The molecule has 1 N–H and O–H groups in total. The number of amides is 1. The van der Waals surface area contributed by atoms with E-state index in [2.05, 4.69) is 15.6 Å². The zero-order valence-corrected chi connectivity index (χ0v) is 14.6. The SMILES string of the molecule is CCCCn1nc(C(=O)N/N=C/c2cccs2)c2ccccc2c1=O. The second-order valence-corrected chi connectivity index (χ2v) is 6.47. The molecule has 1 amide bonds. The first kappa shape index (κ1) is 17.0. The molecule has 0 aliphatic heterocycles.